The van der Waals surface area contributed by atoms with E-state index in [1.54, 1.807) is 60.7 Å². The Balaban J connectivity index is 0.000000217. The second kappa shape index (κ2) is 23.3. The molecule has 16 heteroatoms. The molecule has 0 unspecified atom stereocenters. The largest absolute Gasteiger partial charge is 0.489 e. The molecule has 60 heavy (non-hydrogen) atoms. The molecule has 0 saturated heterocycles. The average Bonchev–Trinajstić information content (AvgIpc) is 3.26. The van der Waals surface area contributed by atoms with Gasteiger partial charge in [-0.1, -0.05) is 72.3 Å². The molecule has 304 valence electrons. The summed E-state index contributed by atoms with van der Waals surface area (Å²) in [5, 5.41) is 41.7. The maximum atomic E-state index is 13.3. The minimum absolute atomic E-state index is 0.245. The third kappa shape index (κ3) is 13.5. The molecule has 0 fully saturated rings. The van der Waals surface area contributed by atoms with Gasteiger partial charge in [-0.3, -0.25) is 0 Å². The van der Waals surface area contributed by atoms with Crippen LogP contribution < -0.4 is 16.1 Å². The van der Waals surface area contributed by atoms with Crippen molar-refractivity contribution in [3.05, 3.63) is 171 Å². The summed E-state index contributed by atoms with van der Waals surface area (Å²) in [6.07, 6.45) is 1.14. The van der Waals surface area contributed by atoms with Gasteiger partial charge in [0.25, 0.3) is 0 Å². The maximum Gasteiger partial charge on any atom is 0.489 e. The molecule has 0 radical (unpaired) electrons. The fraction of sp³-hybridized carbons (Fsp3) is 0.136. The van der Waals surface area contributed by atoms with Crippen LogP contribution in [-0.4, -0.2) is 66.4 Å². The summed E-state index contributed by atoms with van der Waals surface area (Å²) >= 11 is 5.83. The molecule has 0 aliphatic carbocycles. The third-order valence-electron chi connectivity index (χ3n) is 8.44. The Hall–Kier alpha value is -7.17. The SMILES string of the molecule is COC(=O)c1ccc(-c2ccccc2C#N)nc1NCCc1cccc(F)c1.COC(=O)c1ccc(Cl)nc1NCCc1cccc(F)c1.N#Cc1ccccc1B(O)O. The predicted molar refractivity (Wildman–Crippen MR) is 224 cm³/mol. The van der Waals surface area contributed by atoms with Crippen LogP contribution in [0.5, 0.6) is 0 Å². The van der Waals surface area contributed by atoms with Gasteiger partial charge < -0.3 is 30.2 Å². The van der Waals surface area contributed by atoms with E-state index in [0.717, 1.165) is 11.1 Å². The van der Waals surface area contributed by atoms with Crippen LogP contribution in [0.1, 0.15) is 43.0 Å². The normalized spacial score (nSPS) is 9.95. The molecule has 4 N–H and O–H groups in total. The fourth-order valence-electron chi connectivity index (χ4n) is 5.53. The van der Waals surface area contributed by atoms with Gasteiger partial charge in [-0.25, -0.2) is 28.3 Å². The van der Waals surface area contributed by atoms with Crippen molar-refractivity contribution in [1.29, 1.82) is 10.5 Å². The molecule has 2 heterocycles. The minimum atomic E-state index is -1.56. The van der Waals surface area contributed by atoms with Crippen LogP contribution >= 0.6 is 11.6 Å². The van der Waals surface area contributed by atoms with Crippen molar-refractivity contribution in [3.63, 3.8) is 0 Å². The summed E-state index contributed by atoms with van der Waals surface area (Å²) in [7, 11) is 1.04. The number of carbonyl (C=O) groups is 2. The lowest BCUT2D eigenvalue weighted by molar-refractivity contribution is 0.0592. The van der Waals surface area contributed by atoms with E-state index in [1.807, 2.05) is 24.3 Å². The molecule has 0 aliphatic rings. The van der Waals surface area contributed by atoms with Crippen molar-refractivity contribution < 1.29 is 37.9 Å². The van der Waals surface area contributed by atoms with Crippen molar-refractivity contribution in [3.8, 4) is 23.4 Å². The zero-order valence-electron chi connectivity index (χ0n) is 32.4. The highest BCUT2D eigenvalue weighted by Gasteiger charge is 2.17. The number of nitrogens with one attached hydrogen (secondary N) is 2. The molecule has 6 aromatic rings. The number of rotatable bonds is 12. The maximum absolute atomic E-state index is 13.3. The number of aromatic nitrogens is 2. The topological polar surface area (TPSA) is 190 Å². The first kappa shape index (κ1) is 45.5. The standard InChI is InChI=1S/C22H18FN3O2.C15H14ClFN2O2.C7H6BNO2/c1-28-22(27)19-9-10-20(18-8-3-2-6-16(18)14-24)26-21(19)25-12-11-15-5-4-7-17(23)13-15;1-21-15(20)12-5-6-13(16)19-14(12)18-8-7-10-3-2-4-11(17)9-10;9-5-6-3-1-2-4-7(6)8(10)11/h2-10,13H,11-12H2,1H3,(H,25,26);2-6,9H,7-8H2,1H3,(H,18,19);1-4,10-11H. The lowest BCUT2D eigenvalue weighted by Crippen LogP contribution is -2.31. The highest BCUT2D eigenvalue weighted by molar-refractivity contribution is 6.59. The number of carbonyl (C=O) groups excluding carboxylic acids is 2. The predicted octanol–water partition coefficient (Wildman–Crippen LogP) is 6.75. The number of nitriles is 2. The molecule has 0 saturated carbocycles. The first-order chi connectivity index (χ1) is 29.0. The van der Waals surface area contributed by atoms with Gasteiger partial charge in [0, 0.05) is 18.7 Å². The number of ether oxygens (including phenoxy) is 2. The van der Waals surface area contributed by atoms with Gasteiger partial charge in [0.1, 0.15) is 39.6 Å². The zero-order chi connectivity index (χ0) is 43.4. The van der Waals surface area contributed by atoms with E-state index in [0.29, 0.717) is 71.1 Å². The number of hydrogen-bond acceptors (Lipinski definition) is 12. The molecule has 0 amide bonds. The van der Waals surface area contributed by atoms with Gasteiger partial charge in [0.2, 0.25) is 0 Å². The van der Waals surface area contributed by atoms with Gasteiger partial charge in [-0.2, -0.15) is 10.5 Å². The lowest BCUT2D eigenvalue weighted by Gasteiger charge is -2.12. The molecule has 0 atom stereocenters. The highest BCUT2D eigenvalue weighted by atomic mass is 35.5. The second-order valence-corrected chi connectivity index (χ2v) is 12.8. The molecule has 12 nitrogen and oxygen atoms in total. The second-order valence-electron chi connectivity index (χ2n) is 12.4. The van der Waals surface area contributed by atoms with Gasteiger partial charge in [-0.05, 0) is 90.1 Å². The Labute approximate surface area is 350 Å². The number of benzene rings is 4. The van der Waals surface area contributed by atoms with Crippen molar-refractivity contribution in [2.24, 2.45) is 0 Å². The van der Waals surface area contributed by atoms with E-state index >= 15 is 0 Å². The molecule has 0 bridgehead atoms. The smallest absolute Gasteiger partial charge is 0.465 e. The Morgan fingerprint density at radius 3 is 1.68 bits per heavy atom. The lowest BCUT2D eigenvalue weighted by atomic mass is 9.77. The number of hydrogen-bond donors (Lipinski definition) is 4. The van der Waals surface area contributed by atoms with Crippen LogP contribution in [-0.2, 0) is 22.3 Å². The van der Waals surface area contributed by atoms with E-state index < -0.39 is 19.1 Å². The zero-order valence-corrected chi connectivity index (χ0v) is 33.2. The van der Waals surface area contributed by atoms with Crippen molar-refractivity contribution in [1.82, 2.24) is 9.97 Å². The average molecular weight is 831 g/mol. The van der Waals surface area contributed by atoms with E-state index in [2.05, 4.69) is 31.4 Å². The molecule has 4 aromatic carbocycles. The minimum Gasteiger partial charge on any atom is -0.465 e. The summed E-state index contributed by atoms with van der Waals surface area (Å²) in [4.78, 5) is 32.3. The van der Waals surface area contributed by atoms with Crippen LogP contribution in [0.2, 0.25) is 5.15 Å². The number of methoxy groups -OCH3 is 2. The van der Waals surface area contributed by atoms with Crippen molar-refractivity contribution >= 4 is 47.8 Å². The van der Waals surface area contributed by atoms with Crippen LogP contribution in [0.3, 0.4) is 0 Å². The Kier molecular flexibility index (Phi) is 17.7. The quantitative estimate of drug-likeness (QED) is 0.0577. The molecule has 6 rings (SSSR count). The molecule has 0 spiro atoms. The third-order valence-corrected chi connectivity index (χ3v) is 8.65. The van der Waals surface area contributed by atoms with Crippen molar-refractivity contribution in [2.75, 3.05) is 37.9 Å². The van der Waals surface area contributed by atoms with Gasteiger partial charge in [0.15, 0.2) is 0 Å². The van der Waals surface area contributed by atoms with E-state index in [9.17, 15) is 23.6 Å². The van der Waals surface area contributed by atoms with Crippen molar-refractivity contribution in [2.45, 2.75) is 12.8 Å². The monoisotopic (exact) mass is 830 g/mol. The van der Waals surface area contributed by atoms with E-state index in [-0.39, 0.29) is 22.3 Å². The number of anilines is 2. The van der Waals surface area contributed by atoms with E-state index in [4.69, 9.17) is 31.6 Å². The summed E-state index contributed by atoms with van der Waals surface area (Å²) in [5.74, 6) is -0.864. The first-order valence-electron chi connectivity index (χ1n) is 18.1. The number of esters is 2. The van der Waals surface area contributed by atoms with Crippen LogP contribution in [0.4, 0.5) is 20.4 Å². The van der Waals surface area contributed by atoms with Gasteiger partial charge in [-0.15, -0.1) is 0 Å². The van der Waals surface area contributed by atoms with Crippen LogP contribution in [0.15, 0.2) is 121 Å². The Bertz CT molecular complexity index is 2500. The van der Waals surface area contributed by atoms with Crippen LogP contribution in [0, 0.1) is 34.3 Å². The first-order valence-corrected chi connectivity index (χ1v) is 18.5. The summed E-state index contributed by atoms with van der Waals surface area (Å²) in [6, 6.07) is 36.5. The number of halogens is 3. The summed E-state index contributed by atoms with van der Waals surface area (Å²) in [6.45, 7) is 0.935. The van der Waals surface area contributed by atoms with Gasteiger partial charge >= 0.3 is 19.1 Å². The van der Waals surface area contributed by atoms with E-state index in [1.165, 1.54) is 56.7 Å². The molecular formula is C44H38BClF2N6O6. The Morgan fingerprint density at radius 1 is 0.683 bits per heavy atom. The number of nitrogens with zero attached hydrogens (tertiary/aromatic N) is 4. The highest BCUT2D eigenvalue weighted by Crippen LogP contribution is 2.25. The summed E-state index contributed by atoms with van der Waals surface area (Å²) in [5.41, 5.74) is 4.56. The molecule has 0 aliphatic heterocycles. The Morgan fingerprint density at radius 2 is 1.18 bits per heavy atom. The van der Waals surface area contributed by atoms with Gasteiger partial charge in [0.05, 0.1) is 43.2 Å². The molecule has 2 aromatic heterocycles. The van der Waals surface area contributed by atoms with Crippen LogP contribution in [0.25, 0.3) is 11.3 Å². The fourth-order valence-corrected chi connectivity index (χ4v) is 5.67. The summed E-state index contributed by atoms with van der Waals surface area (Å²) < 4.78 is 35.9. The number of pyridine rings is 2. The molecular weight excluding hydrogens is 793 g/mol.